The van der Waals surface area contributed by atoms with Crippen LogP contribution >= 0.6 is 0 Å². The van der Waals surface area contributed by atoms with Crippen LogP contribution in [-0.4, -0.2) is 74.9 Å². The number of amides is 1. The number of fused-ring (bicyclic) bond motifs is 1. The molecule has 0 N–H and O–H groups in total. The van der Waals surface area contributed by atoms with Crippen molar-refractivity contribution in [3.63, 3.8) is 0 Å². The molecule has 1 aromatic carbocycles. The van der Waals surface area contributed by atoms with Crippen LogP contribution in [0.4, 0.5) is 0 Å². The van der Waals surface area contributed by atoms with Crippen molar-refractivity contribution in [1.82, 2.24) is 9.80 Å². The van der Waals surface area contributed by atoms with Gasteiger partial charge in [-0.3, -0.25) is 9.69 Å². The third-order valence-corrected chi connectivity index (χ3v) is 5.09. The quantitative estimate of drug-likeness (QED) is 0.826. The SMILES string of the molecule is COCCN1CCO[C@H]2CN(C(=O)c3ccc(C#N)cc3)CC[C@H]2C1. The summed E-state index contributed by atoms with van der Waals surface area (Å²) in [6.45, 7) is 5.68. The number of benzene rings is 1. The summed E-state index contributed by atoms with van der Waals surface area (Å²) < 4.78 is 11.2. The fourth-order valence-electron chi connectivity index (χ4n) is 3.60. The van der Waals surface area contributed by atoms with Crippen molar-refractivity contribution in [2.24, 2.45) is 5.92 Å². The standard InChI is InChI=1S/C19H25N3O3/c1-24-10-8-21-9-11-25-18-14-22(7-6-17(18)13-21)19(23)16-4-2-15(12-20)3-5-16/h2-5,17-18H,6-11,13-14H2,1H3/t17-,18-/m0/s1. The third-order valence-electron chi connectivity index (χ3n) is 5.09. The number of carbonyl (C=O) groups excluding carboxylic acids is 1. The third kappa shape index (κ3) is 4.37. The molecule has 1 amide bonds. The molecule has 0 spiro atoms. The normalized spacial score (nSPS) is 24.2. The summed E-state index contributed by atoms with van der Waals surface area (Å²) in [6, 6.07) is 8.92. The smallest absolute Gasteiger partial charge is 0.253 e. The lowest BCUT2D eigenvalue weighted by molar-refractivity contribution is -0.0171. The Morgan fingerprint density at radius 1 is 1.32 bits per heavy atom. The Morgan fingerprint density at radius 2 is 2.12 bits per heavy atom. The van der Waals surface area contributed by atoms with Crippen LogP contribution in [0.2, 0.25) is 0 Å². The molecule has 0 saturated carbocycles. The minimum atomic E-state index is 0.0204. The summed E-state index contributed by atoms with van der Waals surface area (Å²) in [6.07, 6.45) is 1.06. The first-order chi connectivity index (χ1) is 12.2. The highest BCUT2D eigenvalue weighted by Crippen LogP contribution is 2.25. The molecule has 25 heavy (non-hydrogen) atoms. The van der Waals surface area contributed by atoms with Crippen molar-refractivity contribution in [3.05, 3.63) is 35.4 Å². The summed E-state index contributed by atoms with van der Waals surface area (Å²) in [5.41, 5.74) is 1.20. The molecule has 3 rings (SSSR count). The maximum atomic E-state index is 12.7. The molecule has 2 heterocycles. The molecule has 0 radical (unpaired) electrons. The van der Waals surface area contributed by atoms with Crippen molar-refractivity contribution >= 4 is 5.91 Å². The lowest BCUT2D eigenvalue weighted by Gasteiger charge is -2.38. The molecule has 6 heteroatoms. The van der Waals surface area contributed by atoms with Crippen LogP contribution in [0.15, 0.2) is 24.3 Å². The number of methoxy groups -OCH3 is 1. The van der Waals surface area contributed by atoms with Crippen LogP contribution in [0.1, 0.15) is 22.3 Å². The lowest BCUT2D eigenvalue weighted by Crippen LogP contribution is -2.49. The van der Waals surface area contributed by atoms with Crippen LogP contribution in [0, 0.1) is 17.2 Å². The van der Waals surface area contributed by atoms with Crippen molar-refractivity contribution in [1.29, 1.82) is 5.26 Å². The molecule has 0 aliphatic carbocycles. The number of nitrogens with zero attached hydrogens (tertiary/aromatic N) is 3. The molecule has 134 valence electrons. The van der Waals surface area contributed by atoms with Gasteiger partial charge in [0.2, 0.25) is 0 Å². The van der Waals surface area contributed by atoms with Crippen LogP contribution in [-0.2, 0) is 9.47 Å². The minimum absolute atomic E-state index is 0.0204. The van der Waals surface area contributed by atoms with E-state index in [1.54, 1.807) is 31.4 Å². The zero-order valence-electron chi connectivity index (χ0n) is 14.7. The summed E-state index contributed by atoms with van der Waals surface area (Å²) in [7, 11) is 1.73. The number of rotatable bonds is 4. The van der Waals surface area contributed by atoms with Gasteiger partial charge in [-0.25, -0.2) is 0 Å². The van der Waals surface area contributed by atoms with E-state index in [1.807, 2.05) is 4.90 Å². The van der Waals surface area contributed by atoms with Crippen molar-refractivity contribution in [2.75, 3.05) is 53.0 Å². The Labute approximate surface area is 148 Å². The second kappa shape index (κ2) is 8.43. The van der Waals surface area contributed by atoms with E-state index in [0.717, 1.165) is 39.2 Å². The highest BCUT2D eigenvalue weighted by atomic mass is 16.5. The Bertz CT molecular complexity index is 626. The van der Waals surface area contributed by atoms with Gasteiger partial charge in [-0.2, -0.15) is 5.26 Å². The van der Waals surface area contributed by atoms with Gasteiger partial charge in [0, 0.05) is 51.3 Å². The van der Waals surface area contributed by atoms with Gasteiger partial charge in [0.15, 0.2) is 0 Å². The summed E-state index contributed by atoms with van der Waals surface area (Å²) in [4.78, 5) is 17.0. The van der Waals surface area contributed by atoms with Crippen molar-refractivity contribution < 1.29 is 14.3 Å². The predicted molar refractivity (Wildman–Crippen MR) is 93.2 cm³/mol. The Kier molecular flexibility index (Phi) is 6.03. The molecule has 2 aliphatic heterocycles. The van der Waals surface area contributed by atoms with Gasteiger partial charge >= 0.3 is 0 Å². The van der Waals surface area contributed by atoms with E-state index >= 15 is 0 Å². The van der Waals surface area contributed by atoms with E-state index in [-0.39, 0.29) is 12.0 Å². The highest BCUT2D eigenvalue weighted by Gasteiger charge is 2.35. The molecule has 0 bridgehead atoms. The zero-order chi connectivity index (χ0) is 17.6. The van der Waals surface area contributed by atoms with E-state index in [2.05, 4.69) is 11.0 Å². The number of nitriles is 1. The first kappa shape index (κ1) is 17.9. The van der Waals surface area contributed by atoms with E-state index in [1.165, 1.54) is 0 Å². The van der Waals surface area contributed by atoms with Gasteiger partial charge in [0.1, 0.15) is 0 Å². The first-order valence-corrected chi connectivity index (χ1v) is 8.83. The molecular weight excluding hydrogens is 318 g/mol. The lowest BCUT2D eigenvalue weighted by atomic mass is 9.92. The topological polar surface area (TPSA) is 65.8 Å². The second-order valence-electron chi connectivity index (χ2n) is 6.69. The molecule has 6 nitrogen and oxygen atoms in total. The van der Waals surface area contributed by atoms with Crippen molar-refractivity contribution in [2.45, 2.75) is 12.5 Å². The second-order valence-corrected chi connectivity index (χ2v) is 6.69. The van der Waals surface area contributed by atoms with E-state index in [9.17, 15) is 4.79 Å². The van der Waals surface area contributed by atoms with Gasteiger partial charge in [0.05, 0.1) is 31.0 Å². The van der Waals surface area contributed by atoms with Crippen LogP contribution in [0.25, 0.3) is 0 Å². The van der Waals surface area contributed by atoms with Crippen LogP contribution < -0.4 is 0 Å². The fourth-order valence-corrected chi connectivity index (χ4v) is 3.60. The Morgan fingerprint density at radius 3 is 2.84 bits per heavy atom. The van der Waals surface area contributed by atoms with Crippen molar-refractivity contribution in [3.8, 4) is 6.07 Å². The Hall–Kier alpha value is -1.94. The van der Waals surface area contributed by atoms with Gasteiger partial charge in [-0.1, -0.05) is 0 Å². The number of piperidine rings is 1. The van der Waals surface area contributed by atoms with Gasteiger partial charge < -0.3 is 14.4 Å². The summed E-state index contributed by atoms with van der Waals surface area (Å²) in [5.74, 6) is 0.483. The van der Waals surface area contributed by atoms with Crippen LogP contribution in [0.3, 0.4) is 0 Å². The zero-order valence-corrected chi connectivity index (χ0v) is 14.7. The number of likely N-dealkylation sites (tertiary alicyclic amines) is 1. The maximum Gasteiger partial charge on any atom is 0.253 e. The summed E-state index contributed by atoms with van der Waals surface area (Å²) in [5, 5.41) is 8.87. The number of hydrogen-bond acceptors (Lipinski definition) is 5. The molecule has 2 saturated heterocycles. The average Bonchev–Trinajstić information content (AvgIpc) is 2.87. The van der Waals surface area contributed by atoms with E-state index in [4.69, 9.17) is 14.7 Å². The fraction of sp³-hybridized carbons (Fsp3) is 0.579. The van der Waals surface area contributed by atoms with Crippen LogP contribution in [0.5, 0.6) is 0 Å². The first-order valence-electron chi connectivity index (χ1n) is 8.83. The van der Waals surface area contributed by atoms with Gasteiger partial charge in [-0.05, 0) is 30.7 Å². The molecule has 2 fully saturated rings. The number of hydrogen-bond donors (Lipinski definition) is 0. The van der Waals surface area contributed by atoms with E-state index in [0.29, 0.717) is 30.2 Å². The largest absolute Gasteiger partial charge is 0.383 e. The molecular formula is C19H25N3O3. The average molecular weight is 343 g/mol. The number of ether oxygens (including phenoxy) is 2. The molecule has 2 atom stereocenters. The summed E-state index contributed by atoms with van der Waals surface area (Å²) >= 11 is 0. The molecule has 0 unspecified atom stereocenters. The van der Waals surface area contributed by atoms with E-state index < -0.39 is 0 Å². The highest BCUT2D eigenvalue weighted by molar-refractivity contribution is 5.94. The molecule has 2 aliphatic rings. The predicted octanol–water partition coefficient (Wildman–Crippen LogP) is 1.37. The molecule has 0 aromatic heterocycles. The Balaban J connectivity index is 1.60. The minimum Gasteiger partial charge on any atom is -0.383 e. The maximum absolute atomic E-state index is 12.7. The number of carbonyl (C=O) groups is 1. The van der Waals surface area contributed by atoms with Gasteiger partial charge in [0.25, 0.3) is 5.91 Å². The monoisotopic (exact) mass is 343 g/mol. The van der Waals surface area contributed by atoms with Gasteiger partial charge in [-0.15, -0.1) is 0 Å². The molecule has 1 aromatic rings.